The molecule has 0 heterocycles. The van der Waals surface area contributed by atoms with E-state index in [1.807, 2.05) is 0 Å². The van der Waals surface area contributed by atoms with Gasteiger partial charge in [-0.05, 0) is 14.1 Å². The van der Waals surface area contributed by atoms with Crippen molar-refractivity contribution in [2.24, 2.45) is 5.73 Å². The molecule has 0 fully saturated rings. The second-order valence-corrected chi connectivity index (χ2v) is 1.68. The fraction of sp³-hybridized carbons (Fsp3) is 1.00. The fourth-order valence-corrected chi connectivity index (χ4v) is 0.211. The number of rotatable bonds is 2. The van der Waals surface area contributed by atoms with E-state index in [0.29, 0.717) is 6.54 Å². The van der Waals surface area contributed by atoms with Gasteiger partial charge in [-0.15, -0.1) is 0 Å². The molecule has 0 aliphatic carbocycles. The van der Waals surface area contributed by atoms with Gasteiger partial charge in [0.05, 0.1) is 0 Å². The van der Waals surface area contributed by atoms with E-state index in [1.165, 1.54) is 0 Å². The molecule has 8 heavy (non-hydrogen) atoms. The van der Waals surface area contributed by atoms with Crippen LogP contribution in [0.1, 0.15) is 0 Å². The average Bonchev–Trinajstić information content (AvgIpc) is 1.65. The van der Waals surface area contributed by atoms with Crippen LogP contribution in [0.2, 0.25) is 0 Å². The van der Waals surface area contributed by atoms with Gasteiger partial charge >= 0.3 is 0 Å². The first-order valence-electron chi connectivity index (χ1n) is 2.23. The topological polar surface area (TPSA) is 49.5 Å². The van der Waals surface area contributed by atoms with E-state index in [-0.39, 0.29) is 29.6 Å². The zero-order valence-corrected chi connectivity index (χ0v) is 7.76. The van der Waals surface area contributed by atoms with Crippen molar-refractivity contribution in [3.05, 3.63) is 0 Å². The quantitative estimate of drug-likeness (QED) is 0.348. The van der Waals surface area contributed by atoms with Crippen LogP contribution in [0.15, 0.2) is 0 Å². The number of aliphatic hydroxyl groups is 1. The molecule has 0 aromatic heterocycles. The van der Waals surface area contributed by atoms with Crippen molar-refractivity contribution in [3.8, 4) is 0 Å². The van der Waals surface area contributed by atoms with Gasteiger partial charge in [-0.1, -0.05) is 0 Å². The van der Waals surface area contributed by atoms with Crippen molar-refractivity contribution in [1.29, 1.82) is 0 Å². The summed E-state index contributed by atoms with van der Waals surface area (Å²) >= 11 is 0. The van der Waals surface area contributed by atoms with Gasteiger partial charge in [-0.2, -0.15) is 0 Å². The van der Waals surface area contributed by atoms with Crippen LogP contribution in [0, 0.1) is 0 Å². The molecule has 0 aliphatic heterocycles. The Hall–Kier alpha value is 0.880. The van der Waals surface area contributed by atoms with Crippen LogP contribution in [0.4, 0.5) is 0 Å². The molecule has 1 radical (unpaired) electrons. The largest absolute Gasteiger partial charge is 0.377 e. The van der Waals surface area contributed by atoms with E-state index in [9.17, 15) is 0 Å². The van der Waals surface area contributed by atoms with Crippen molar-refractivity contribution in [2.75, 3.05) is 20.6 Å². The maximum Gasteiger partial charge on any atom is 0.119 e. The van der Waals surface area contributed by atoms with Gasteiger partial charge in [0, 0.05) is 36.1 Å². The molecule has 1 unspecified atom stereocenters. The fourth-order valence-electron chi connectivity index (χ4n) is 0.211. The Bertz CT molecular complexity index is 51.3. The van der Waals surface area contributed by atoms with Crippen LogP contribution >= 0.6 is 0 Å². The maximum atomic E-state index is 8.74. The summed E-state index contributed by atoms with van der Waals surface area (Å²) in [4.78, 5) is 1.65. The van der Waals surface area contributed by atoms with E-state index in [0.717, 1.165) is 0 Å². The van der Waals surface area contributed by atoms with Gasteiger partial charge < -0.3 is 10.8 Å². The third-order valence-corrected chi connectivity index (χ3v) is 0.807. The van der Waals surface area contributed by atoms with Gasteiger partial charge in [-0.25, -0.2) is 0 Å². The zero-order chi connectivity index (χ0) is 5.86. The third kappa shape index (κ3) is 5.03. The number of hydrogen-bond donors (Lipinski definition) is 2. The summed E-state index contributed by atoms with van der Waals surface area (Å²) in [5, 5.41) is 8.74. The van der Waals surface area contributed by atoms with Gasteiger partial charge in [-0.3, -0.25) is 4.90 Å². The Kier molecular flexibility index (Phi) is 8.75. The SMILES string of the molecule is CN(C)C(O)CN.[Na]. The number of likely N-dealkylation sites (N-methyl/N-ethyl adjacent to an activating group) is 1. The van der Waals surface area contributed by atoms with Crippen molar-refractivity contribution < 1.29 is 5.11 Å². The summed E-state index contributed by atoms with van der Waals surface area (Å²) in [5.41, 5.74) is 5.08. The smallest absolute Gasteiger partial charge is 0.119 e. The number of hydrogen-bond acceptors (Lipinski definition) is 3. The zero-order valence-electron chi connectivity index (χ0n) is 5.76. The molecular formula is C4H12N2NaO. The van der Waals surface area contributed by atoms with Crippen LogP contribution < -0.4 is 5.73 Å². The van der Waals surface area contributed by atoms with Crippen molar-refractivity contribution >= 4 is 29.6 Å². The second-order valence-electron chi connectivity index (χ2n) is 1.68. The molecule has 0 aliphatic rings. The Balaban J connectivity index is 0. The first kappa shape index (κ1) is 11.6. The van der Waals surface area contributed by atoms with Crippen LogP contribution in [0.3, 0.4) is 0 Å². The molecule has 3 N–H and O–H groups in total. The summed E-state index contributed by atoms with van der Waals surface area (Å²) in [6.45, 7) is 0.299. The summed E-state index contributed by atoms with van der Waals surface area (Å²) in [5.74, 6) is 0. The van der Waals surface area contributed by atoms with Crippen LogP contribution in [-0.4, -0.2) is 66.4 Å². The van der Waals surface area contributed by atoms with Gasteiger partial charge in [0.15, 0.2) is 0 Å². The molecule has 0 bridgehead atoms. The molecule has 0 aromatic carbocycles. The van der Waals surface area contributed by atoms with Crippen molar-refractivity contribution in [1.82, 2.24) is 4.90 Å². The summed E-state index contributed by atoms with van der Waals surface area (Å²) in [6, 6.07) is 0. The maximum absolute atomic E-state index is 8.74. The molecule has 0 saturated carbocycles. The van der Waals surface area contributed by atoms with E-state index in [1.54, 1.807) is 19.0 Å². The predicted octanol–water partition coefficient (Wildman–Crippen LogP) is -1.56. The van der Waals surface area contributed by atoms with E-state index < -0.39 is 6.23 Å². The Morgan fingerprint density at radius 2 is 2.00 bits per heavy atom. The molecule has 4 heteroatoms. The minimum absolute atomic E-state index is 0. The standard InChI is InChI=1S/C4H12N2O.Na/c1-6(2)4(7)3-5;/h4,7H,3,5H2,1-2H3;. The van der Waals surface area contributed by atoms with E-state index in [2.05, 4.69) is 0 Å². The first-order chi connectivity index (χ1) is 3.18. The molecule has 0 spiro atoms. The molecule has 3 nitrogen and oxygen atoms in total. The summed E-state index contributed by atoms with van der Waals surface area (Å²) in [7, 11) is 3.55. The minimum Gasteiger partial charge on any atom is -0.377 e. The van der Waals surface area contributed by atoms with Gasteiger partial charge in [0.1, 0.15) is 6.23 Å². The Morgan fingerprint density at radius 1 is 1.62 bits per heavy atom. The molecule has 0 rings (SSSR count). The minimum atomic E-state index is -0.486. The Morgan fingerprint density at radius 3 is 2.00 bits per heavy atom. The monoisotopic (exact) mass is 127 g/mol. The van der Waals surface area contributed by atoms with Crippen molar-refractivity contribution in [3.63, 3.8) is 0 Å². The first-order valence-corrected chi connectivity index (χ1v) is 2.23. The normalized spacial score (nSPS) is 13.1. The second kappa shape index (κ2) is 6.01. The summed E-state index contributed by atoms with van der Waals surface area (Å²) in [6.07, 6.45) is -0.486. The summed E-state index contributed by atoms with van der Waals surface area (Å²) < 4.78 is 0. The molecule has 45 valence electrons. The van der Waals surface area contributed by atoms with E-state index >= 15 is 0 Å². The van der Waals surface area contributed by atoms with E-state index in [4.69, 9.17) is 10.8 Å². The molecule has 0 amide bonds. The number of aliphatic hydroxyl groups excluding tert-OH is 1. The van der Waals surface area contributed by atoms with Crippen LogP contribution in [0.25, 0.3) is 0 Å². The molecular weight excluding hydrogens is 115 g/mol. The van der Waals surface area contributed by atoms with Crippen molar-refractivity contribution in [2.45, 2.75) is 6.23 Å². The average molecular weight is 127 g/mol. The molecule has 0 saturated heterocycles. The van der Waals surface area contributed by atoms with Gasteiger partial charge in [0.2, 0.25) is 0 Å². The predicted molar refractivity (Wildman–Crippen MR) is 34.5 cm³/mol. The number of nitrogens with two attached hydrogens (primary N) is 1. The molecule has 0 aromatic rings. The third-order valence-electron chi connectivity index (χ3n) is 0.807. The van der Waals surface area contributed by atoms with Crippen LogP contribution in [-0.2, 0) is 0 Å². The van der Waals surface area contributed by atoms with Gasteiger partial charge in [0.25, 0.3) is 0 Å². The van der Waals surface area contributed by atoms with Crippen LogP contribution in [0.5, 0.6) is 0 Å². The Labute approximate surface area is 72.1 Å². The molecule has 1 atom stereocenters. The number of nitrogens with zero attached hydrogens (tertiary/aromatic N) is 1.